The van der Waals surface area contributed by atoms with E-state index in [0.717, 1.165) is 11.4 Å². The SMILES string of the molecule is COC[C@H](C)n1c(C)cc(C(=O)COC(=O)c2ccc[nH]2)c1C. The van der Waals surface area contributed by atoms with Crippen LogP contribution in [0.25, 0.3) is 0 Å². The smallest absolute Gasteiger partial charge is 0.355 e. The molecule has 124 valence electrons. The number of rotatable bonds is 7. The third-order valence-corrected chi connectivity index (χ3v) is 3.79. The highest BCUT2D eigenvalue weighted by Gasteiger charge is 2.20. The van der Waals surface area contributed by atoms with Crippen molar-refractivity contribution in [3.05, 3.63) is 47.0 Å². The van der Waals surface area contributed by atoms with Crippen molar-refractivity contribution in [3.8, 4) is 0 Å². The Labute approximate surface area is 135 Å². The molecule has 2 aromatic heterocycles. The lowest BCUT2D eigenvalue weighted by Gasteiger charge is -2.17. The number of aryl methyl sites for hydroxylation is 1. The molecular formula is C17H22N2O4. The van der Waals surface area contributed by atoms with Crippen molar-refractivity contribution in [2.45, 2.75) is 26.8 Å². The Hall–Kier alpha value is -2.34. The van der Waals surface area contributed by atoms with Gasteiger partial charge in [-0.15, -0.1) is 0 Å². The van der Waals surface area contributed by atoms with E-state index in [2.05, 4.69) is 9.55 Å². The Kier molecular flexibility index (Phi) is 5.39. The Bertz CT molecular complexity index is 686. The Morgan fingerprint density at radius 2 is 2.09 bits per heavy atom. The Morgan fingerprint density at radius 3 is 2.70 bits per heavy atom. The first-order valence-corrected chi connectivity index (χ1v) is 7.46. The Morgan fingerprint density at radius 1 is 1.35 bits per heavy atom. The predicted octanol–water partition coefficient (Wildman–Crippen LogP) is 2.68. The number of carbonyl (C=O) groups excluding carboxylic acids is 2. The second-order valence-electron chi connectivity index (χ2n) is 5.54. The van der Waals surface area contributed by atoms with Crippen molar-refractivity contribution >= 4 is 11.8 Å². The summed E-state index contributed by atoms with van der Waals surface area (Å²) in [4.78, 5) is 26.9. The lowest BCUT2D eigenvalue weighted by molar-refractivity contribution is 0.0469. The minimum absolute atomic E-state index is 0.128. The van der Waals surface area contributed by atoms with Crippen LogP contribution in [-0.2, 0) is 9.47 Å². The van der Waals surface area contributed by atoms with Gasteiger partial charge in [0.05, 0.1) is 12.6 Å². The van der Waals surface area contributed by atoms with Crippen LogP contribution in [0, 0.1) is 13.8 Å². The molecule has 6 heteroatoms. The highest BCUT2D eigenvalue weighted by atomic mass is 16.5. The molecule has 0 aliphatic heterocycles. The van der Waals surface area contributed by atoms with E-state index in [-0.39, 0.29) is 18.4 Å². The van der Waals surface area contributed by atoms with Crippen molar-refractivity contribution in [2.75, 3.05) is 20.3 Å². The molecule has 2 heterocycles. The maximum atomic E-state index is 12.4. The summed E-state index contributed by atoms with van der Waals surface area (Å²) < 4.78 is 12.3. The van der Waals surface area contributed by atoms with Gasteiger partial charge in [0.15, 0.2) is 6.61 Å². The van der Waals surface area contributed by atoms with Crippen LogP contribution < -0.4 is 0 Å². The third-order valence-electron chi connectivity index (χ3n) is 3.79. The van der Waals surface area contributed by atoms with Gasteiger partial charge in [0.25, 0.3) is 0 Å². The van der Waals surface area contributed by atoms with E-state index in [0.29, 0.717) is 17.9 Å². The molecule has 2 rings (SSSR count). The summed E-state index contributed by atoms with van der Waals surface area (Å²) in [7, 11) is 1.65. The summed E-state index contributed by atoms with van der Waals surface area (Å²) in [5.74, 6) is -0.751. The summed E-state index contributed by atoms with van der Waals surface area (Å²) in [6.45, 7) is 6.15. The molecule has 0 saturated carbocycles. The number of H-pyrrole nitrogens is 1. The summed E-state index contributed by atoms with van der Waals surface area (Å²) in [6.07, 6.45) is 1.63. The van der Waals surface area contributed by atoms with E-state index in [1.165, 1.54) is 0 Å². The van der Waals surface area contributed by atoms with Crippen LogP contribution in [0.15, 0.2) is 24.4 Å². The van der Waals surface area contributed by atoms with Gasteiger partial charge in [0.1, 0.15) is 5.69 Å². The van der Waals surface area contributed by atoms with E-state index in [4.69, 9.17) is 9.47 Å². The number of hydrogen-bond acceptors (Lipinski definition) is 4. The largest absolute Gasteiger partial charge is 0.453 e. The minimum atomic E-state index is -0.537. The van der Waals surface area contributed by atoms with E-state index in [9.17, 15) is 9.59 Å². The highest BCUT2D eigenvalue weighted by molar-refractivity contribution is 6.00. The van der Waals surface area contributed by atoms with Crippen molar-refractivity contribution in [1.82, 2.24) is 9.55 Å². The number of ether oxygens (including phenoxy) is 2. The monoisotopic (exact) mass is 318 g/mol. The van der Waals surface area contributed by atoms with Crippen molar-refractivity contribution < 1.29 is 19.1 Å². The zero-order valence-electron chi connectivity index (χ0n) is 13.9. The van der Waals surface area contributed by atoms with Crippen LogP contribution in [0.1, 0.15) is 45.2 Å². The number of ketones is 1. The van der Waals surface area contributed by atoms with Crippen LogP contribution in [0.4, 0.5) is 0 Å². The predicted molar refractivity (Wildman–Crippen MR) is 85.9 cm³/mol. The molecule has 2 aromatic rings. The van der Waals surface area contributed by atoms with Crippen molar-refractivity contribution in [2.24, 2.45) is 0 Å². The van der Waals surface area contributed by atoms with E-state index in [1.54, 1.807) is 25.4 Å². The number of esters is 1. The second kappa shape index (κ2) is 7.28. The van der Waals surface area contributed by atoms with Gasteiger partial charge in [-0.05, 0) is 39.0 Å². The standard InChI is InChI=1S/C17H22N2O4/c1-11-8-14(13(3)19(11)12(2)9-22-4)16(20)10-23-17(21)15-6-5-7-18-15/h5-8,12,18H,9-10H2,1-4H3/t12-/m0/s1. The molecule has 23 heavy (non-hydrogen) atoms. The van der Waals surface area contributed by atoms with Crippen LogP contribution >= 0.6 is 0 Å². The molecular weight excluding hydrogens is 296 g/mol. The molecule has 0 amide bonds. The number of Topliss-reactive ketones (excluding diaryl/α,β-unsaturated/α-hetero) is 1. The molecule has 0 bridgehead atoms. The molecule has 0 fully saturated rings. The van der Waals surface area contributed by atoms with E-state index < -0.39 is 5.97 Å². The average molecular weight is 318 g/mol. The number of nitrogens with one attached hydrogen (secondary N) is 1. The molecule has 0 spiro atoms. The number of aromatic amines is 1. The fraction of sp³-hybridized carbons (Fsp3) is 0.412. The lowest BCUT2D eigenvalue weighted by Crippen LogP contribution is -2.17. The number of methoxy groups -OCH3 is 1. The first kappa shape index (κ1) is 17.0. The lowest BCUT2D eigenvalue weighted by atomic mass is 10.1. The zero-order valence-corrected chi connectivity index (χ0v) is 13.9. The highest BCUT2D eigenvalue weighted by Crippen LogP contribution is 2.21. The number of hydrogen-bond donors (Lipinski definition) is 1. The maximum Gasteiger partial charge on any atom is 0.355 e. The molecule has 0 aliphatic rings. The fourth-order valence-electron chi connectivity index (χ4n) is 2.80. The van der Waals surface area contributed by atoms with E-state index >= 15 is 0 Å². The summed E-state index contributed by atoms with van der Waals surface area (Å²) in [5, 5.41) is 0. The van der Waals surface area contributed by atoms with Crippen LogP contribution in [0.3, 0.4) is 0 Å². The minimum Gasteiger partial charge on any atom is -0.453 e. The van der Waals surface area contributed by atoms with Gasteiger partial charge in [-0.1, -0.05) is 0 Å². The van der Waals surface area contributed by atoms with Gasteiger partial charge in [0, 0.05) is 30.3 Å². The van der Waals surface area contributed by atoms with Gasteiger partial charge in [-0.2, -0.15) is 0 Å². The van der Waals surface area contributed by atoms with Gasteiger partial charge in [0.2, 0.25) is 5.78 Å². The van der Waals surface area contributed by atoms with Gasteiger partial charge in [-0.3, -0.25) is 4.79 Å². The fourth-order valence-corrected chi connectivity index (χ4v) is 2.80. The summed E-state index contributed by atoms with van der Waals surface area (Å²) in [5.41, 5.74) is 2.74. The molecule has 6 nitrogen and oxygen atoms in total. The van der Waals surface area contributed by atoms with Crippen molar-refractivity contribution in [1.29, 1.82) is 0 Å². The third kappa shape index (κ3) is 3.71. The normalized spacial score (nSPS) is 12.2. The molecule has 0 radical (unpaired) electrons. The Balaban J connectivity index is 2.08. The molecule has 0 aromatic carbocycles. The number of carbonyl (C=O) groups is 2. The van der Waals surface area contributed by atoms with Gasteiger partial charge >= 0.3 is 5.97 Å². The van der Waals surface area contributed by atoms with Crippen LogP contribution in [0.2, 0.25) is 0 Å². The maximum absolute atomic E-state index is 12.4. The van der Waals surface area contributed by atoms with Crippen LogP contribution in [-0.4, -0.2) is 41.6 Å². The van der Waals surface area contributed by atoms with Gasteiger partial charge < -0.3 is 19.0 Å². The molecule has 1 N–H and O–H groups in total. The first-order valence-electron chi connectivity index (χ1n) is 7.46. The first-order chi connectivity index (χ1) is 11.0. The number of nitrogens with zero attached hydrogens (tertiary/aromatic N) is 1. The molecule has 0 saturated heterocycles. The molecule has 0 aliphatic carbocycles. The quantitative estimate of drug-likeness (QED) is 0.629. The zero-order chi connectivity index (χ0) is 17.0. The van der Waals surface area contributed by atoms with E-state index in [1.807, 2.05) is 26.8 Å². The molecule has 0 unspecified atom stereocenters. The second-order valence-corrected chi connectivity index (χ2v) is 5.54. The summed E-state index contributed by atoms with van der Waals surface area (Å²) in [6, 6.07) is 5.25. The topological polar surface area (TPSA) is 73.3 Å². The van der Waals surface area contributed by atoms with Crippen molar-refractivity contribution in [3.63, 3.8) is 0 Å². The summed E-state index contributed by atoms with van der Waals surface area (Å²) >= 11 is 0. The van der Waals surface area contributed by atoms with Crippen LogP contribution in [0.5, 0.6) is 0 Å². The average Bonchev–Trinajstić information content (AvgIpc) is 3.13. The van der Waals surface area contributed by atoms with Gasteiger partial charge in [-0.25, -0.2) is 4.79 Å². The number of aromatic nitrogens is 2. The molecule has 1 atom stereocenters.